The van der Waals surface area contributed by atoms with E-state index in [1.165, 1.54) is 24.0 Å². The van der Waals surface area contributed by atoms with Crippen molar-refractivity contribution in [3.63, 3.8) is 0 Å². The monoisotopic (exact) mass is 342 g/mol. The maximum absolute atomic E-state index is 13.5. The molecule has 1 aliphatic carbocycles. The Morgan fingerprint density at radius 1 is 1.16 bits per heavy atom. The SMILES string of the molecule is CNCC1CCN(C(=O)C2(c3ccc(C(C)C)cc3)CCCC2)CC1. The number of likely N-dealkylation sites (tertiary alicyclic amines) is 1. The molecule has 3 rings (SSSR count). The third-order valence-electron chi connectivity index (χ3n) is 6.39. The molecular weight excluding hydrogens is 308 g/mol. The number of carbonyl (C=O) groups excluding carboxylic acids is 1. The van der Waals surface area contributed by atoms with Gasteiger partial charge in [-0.15, -0.1) is 0 Å². The molecule has 1 amide bonds. The van der Waals surface area contributed by atoms with Crippen LogP contribution < -0.4 is 5.32 Å². The van der Waals surface area contributed by atoms with Gasteiger partial charge in [-0.3, -0.25) is 4.79 Å². The van der Waals surface area contributed by atoms with Gasteiger partial charge in [0.15, 0.2) is 0 Å². The molecule has 1 N–H and O–H groups in total. The van der Waals surface area contributed by atoms with Gasteiger partial charge >= 0.3 is 0 Å². The van der Waals surface area contributed by atoms with E-state index in [1.807, 2.05) is 7.05 Å². The Kier molecular flexibility index (Phi) is 5.83. The van der Waals surface area contributed by atoms with Crippen molar-refractivity contribution in [3.8, 4) is 0 Å². The largest absolute Gasteiger partial charge is 0.342 e. The summed E-state index contributed by atoms with van der Waals surface area (Å²) in [6, 6.07) is 8.91. The van der Waals surface area contributed by atoms with Crippen LogP contribution in [0, 0.1) is 5.92 Å². The summed E-state index contributed by atoms with van der Waals surface area (Å²) >= 11 is 0. The van der Waals surface area contributed by atoms with E-state index in [2.05, 4.69) is 48.3 Å². The van der Waals surface area contributed by atoms with E-state index in [0.717, 1.165) is 51.2 Å². The van der Waals surface area contributed by atoms with Crippen molar-refractivity contribution in [1.82, 2.24) is 10.2 Å². The normalized spacial score (nSPS) is 21.0. The van der Waals surface area contributed by atoms with Gasteiger partial charge in [0.2, 0.25) is 5.91 Å². The minimum absolute atomic E-state index is 0.259. The summed E-state index contributed by atoms with van der Waals surface area (Å²) in [5.41, 5.74) is 2.35. The van der Waals surface area contributed by atoms with Crippen LogP contribution in [-0.4, -0.2) is 37.5 Å². The number of benzene rings is 1. The van der Waals surface area contributed by atoms with Gasteiger partial charge in [-0.1, -0.05) is 51.0 Å². The van der Waals surface area contributed by atoms with Crippen LogP contribution in [0.2, 0.25) is 0 Å². The molecule has 2 fully saturated rings. The number of nitrogens with one attached hydrogen (secondary N) is 1. The highest BCUT2D eigenvalue weighted by Crippen LogP contribution is 2.43. The summed E-state index contributed by atoms with van der Waals surface area (Å²) in [7, 11) is 2.02. The third-order valence-corrected chi connectivity index (χ3v) is 6.39. The van der Waals surface area contributed by atoms with Gasteiger partial charge < -0.3 is 10.2 Å². The molecule has 1 aliphatic heterocycles. The van der Waals surface area contributed by atoms with Crippen molar-refractivity contribution in [2.45, 2.75) is 63.7 Å². The highest BCUT2D eigenvalue weighted by atomic mass is 16.2. The number of hydrogen-bond donors (Lipinski definition) is 1. The predicted molar refractivity (Wildman–Crippen MR) is 104 cm³/mol. The van der Waals surface area contributed by atoms with Crippen molar-refractivity contribution in [2.75, 3.05) is 26.7 Å². The Labute approximate surface area is 153 Å². The molecule has 3 heteroatoms. The first-order valence-corrected chi connectivity index (χ1v) is 10.1. The molecule has 1 heterocycles. The number of carbonyl (C=O) groups is 1. The fourth-order valence-corrected chi connectivity index (χ4v) is 4.72. The zero-order valence-corrected chi connectivity index (χ0v) is 16.2. The van der Waals surface area contributed by atoms with E-state index in [9.17, 15) is 4.79 Å². The molecule has 0 radical (unpaired) electrons. The van der Waals surface area contributed by atoms with Gasteiger partial charge in [0, 0.05) is 13.1 Å². The quantitative estimate of drug-likeness (QED) is 0.874. The van der Waals surface area contributed by atoms with Gasteiger partial charge in [0.1, 0.15) is 0 Å². The van der Waals surface area contributed by atoms with Crippen molar-refractivity contribution < 1.29 is 4.79 Å². The average molecular weight is 343 g/mol. The molecule has 1 aromatic carbocycles. The van der Waals surface area contributed by atoms with Crippen LogP contribution >= 0.6 is 0 Å². The second-order valence-electron chi connectivity index (χ2n) is 8.36. The first-order chi connectivity index (χ1) is 12.1. The molecule has 138 valence electrons. The summed E-state index contributed by atoms with van der Waals surface area (Å²) in [5.74, 6) is 1.65. The molecular formula is C22H34N2O. The number of piperidine rings is 1. The maximum Gasteiger partial charge on any atom is 0.233 e. The Balaban J connectivity index is 1.77. The molecule has 1 aromatic rings. The molecule has 1 saturated carbocycles. The lowest BCUT2D eigenvalue weighted by Crippen LogP contribution is -2.49. The van der Waals surface area contributed by atoms with Crippen LogP contribution in [0.1, 0.15) is 69.4 Å². The third kappa shape index (κ3) is 3.76. The van der Waals surface area contributed by atoms with Gasteiger partial charge in [-0.05, 0) is 62.2 Å². The van der Waals surface area contributed by atoms with E-state index in [-0.39, 0.29) is 5.41 Å². The lowest BCUT2D eigenvalue weighted by atomic mass is 9.76. The number of amides is 1. The van der Waals surface area contributed by atoms with Crippen LogP contribution in [0.15, 0.2) is 24.3 Å². The lowest BCUT2D eigenvalue weighted by molar-refractivity contribution is -0.138. The summed E-state index contributed by atoms with van der Waals surface area (Å²) in [5, 5.41) is 3.28. The Bertz CT molecular complexity index is 564. The zero-order chi connectivity index (χ0) is 17.9. The van der Waals surface area contributed by atoms with Crippen LogP contribution in [0.25, 0.3) is 0 Å². The Morgan fingerprint density at radius 2 is 1.76 bits per heavy atom. The highest BCUT2D eigenvalue weighted by molar-refractivity contribution is 5.88. The molecule has 0 aromatic heterocycles. The predicted octanol–water partition coefficient (Wildman–Crippen LogP) is 4.08. The molecule has 1 saturated heterocycles. The molecule has 2 aliphatic rings. The first-order valence-electron chi connectivity index (χ1n) is 10.1. The smallest absolute Gasteiger partial charge is 0.233 e. The van der Waals surface area contributed by atoms with Crippen LogP contribution in [0.4, 0.5) is 0 Å². The van der Waals surface area contributed by atoms with Gasteiger partial charge in [0.05, 0.1) is 5.41 Å². The summed E-state index contributed by atoms with van der Waals surface area (Å²) in [6.45, 7) is 7.37. The summed E-state index contributed by atoms with van der Waals surface area (Å²) < 4.78 is 0. The standard InChI is InChI=1S/C22H34N2O/c1-17(2)19-6-8-20(9-7-19)22(12-4-5-13-22)21(25)24-14-10-18(11-15-24)16-23-3/h6-9,17-18,23H,4-5,10-16H2,1-3H3. The highest BCUT2D eigenvalue weighted by Gasteiger charge is 2.45. The molecule has 0 bridgehead atoms. The molecule has 0 atom stereocenters. The molecule has 25 heavy (non-hydrogen) atoms. The topological polar surface area (TPSA) is 32.3 Å². The minimum atomic E-state index is -0.259. The molecule has 0 spiro atoms. The summed E-state index contributed by atoms with van der Waals surface area (Å²) in [4.78, 5) is 15.7. The van der Waals surface area contributed by atoms with Crippen molar-refractivity contribution in [1.29, 1.82) is 0 Å². The maximum atomic E-state index is 13.5. The fourth-order valence-electron chi connectivity index (χ4n) is 4.72. The number of hydrogen-bond acceptors (Lipinski definition) is 2. The van der Waals surface area contributed by atoms with Crippen LogP contribution in [0.5, 0.6) is 0 Å². The van der Waals surface area contributed by atoms with E-state index >= 15 is 0 Å². The number of rotatable bonds is 5. The van der Waals surface area contributed by atoms with E-state index in [4.69, 9.17) is 0 Å². The molecule has 3 nitrogen and oxygen atoms in total. The minimum Gasteiger partial charge on any atom is -0.342 e. The van der Waals surface area contributed by atoms with Crippen molar-refractivity contribution >= 4 is 5.91 Å². The van der Waals surface area contributed by atoms with Crippen LogP contribution in [-0.2, 0) is 10.2 Å². The first kappa shape index (κ1) is 18.4. The Hall–Kier alpha value is -1.35. The Morgan fingerprint density at radius 3 is 2.28 bits per heavy atom. The van der Waals surface area contributed by atoms with Crippen molar-refractivity contribution in [3.05, 3.63) is 35.4 Å². The average Bonchev–Trinajstić information content (AvgIpc) is 3.13. The second-order valence-corrected chi connectivity index (χ2v) is 8.36. The summed E-state index contributed by atoms with van der Waals surface area (Å²) in [6.07, 6.45) is 6.65. The van der Waals surface area contributed by atoms with Gasteiger partial charge in [0.25, 0.3) is 0 Å². The van der Waals surface area contributed by atoms with Gasteiger partial charge in [-0.25, -0.2) is 0 Å². The zero-order valence-electron chi connectivity index (χ0n) is 16.2. The van der Waals surface area contributed by atoms with E-state index < -0.39 is 0 Å². The number of nitrogens with zero attached hydrogens (tertiary/aromatic N) is 1. The van der Waals surface area contributed by atoms with Crippen LogP contribution in [0.3, 0.4) is 0 Å². The van der Waals surface area contributed by atoms with E-state index in [1.54, 1.807) is 0 Å². The molecule has 0 unspecified atom stereocenters. The van der Waals surface area contributed by atoms with Gasteiger partial charge in [-0.2, -0.15) is 0 Å². The lowest BCUT2D eigenvalue weighted by Gasteiger charge is -2.39. The fraction of sp³-hybridized carbons (Fsp3) is 0.682. The second kappa shape index (κ2) is 7.90. The van der Waals surface area contributed by atoms with Crippen molar-refractivity contribution in [2.24, 2.45) is 5.92 Å². The van der Waals surface area contributed by atoms with E-state index in [0.29, 0.717) is 11.8 Å².